The van der Waals surface area contributed by atoms with Gasteiger partial charge in [-0.2, -0.15) is 9.40 Å². The highest BCUT2D eigenvalue weighted by molar-refractivity contribution is 7.89. The van der Waals surface area contributed by atoms with Gasteiger partial charge in [0.15, 0.2) is 0 Å². The van der Waals surface area contributed by atoms with Gasteiger partial charge in [0, 0.05) is 32.1 Å². The number of hydrogen-bond donors (Lipinski definition) is 0. The predicted octanol–water partition coefficient (Wildman–Crippen LogP) is 2.83. The van der Waals surface area contributed by atoms with E-state index in [9.17, 15) is 13.2 Å². The molecule has 1 aromatic heterocycles. The molecule has 7 nitrogen and oxygen atoms in total. The molecule has 0 amide bonds. The molecule has 1 saturated carbocycles. The van der Waals surface area contributed by atoms with Crippen molar-refractivity contribution in [3.05, 3.63) is 46.1 Å². The van der Waals surface area contributed by atoms with E-state index in [4.69, 9.17) is 0 Å². The molecule has 0 atom stereocenters. The third kappa shape index (κ3) is 3.80. The molecular formula is C21H30N4O3S. The van der Waals surface area contributed by atoms with Gasteiger partial charge in [-0.3, -0.25) is 4.57 Å². The highest BCUT2D eigenvalue weighted by Gasteiger charge is 2.34. The van der Waals surface area contributed by atoms with Crippen LogP contribution in [0.2, 0.25) is 0 Å². The Kier molecular flexibility index (Phi) is 5.66. The number of rotatable bonds is 5. The summed E-state index contributed by atoms with van der Waals surface area (Å²) in [6.07, 6.45) is 6.63. The maximum absolute atomic E-state index is 13.0. The monoisotopic (exact) mass is 418 g/mol. The van der Waals surface area contributed by atoms with Gasteiger partial charge in [0.05, 0.1) is 4.90 Å². The van der Waals surface area contributed by atoms with Crippen LogP contribution in [-0.2, 0) is 23.5 Å². The van der Waals surface area contributed by atoms with E-state index in [0.717, 1.165) is 43.5 Å². The second-order valence-corrected chi connectivity index (χ2v) is 10.2. The smallest absolute Gasteiger partial charge is 0.276 e. The van der Waals surface area contributed by atoms with Gasteiger partial charge in [-0.05, 0) is 49.8 Å². The van der Waals surface area contributed by atoms with Gasteiger partial charge in [0.2, 0.25) is 10.0 Å². The van der Waals surface area contributed by atoms with Crippen LogP contribution < -0.4 is 5.69 Å². The van der Waals surface area contributed by atoms with Crippen LogP contribution in [0, 0.1) is 0 Å². The molecule has 1 saturated heterocycles. The number of nitrogens with zero attached hydrogens (tertiary/aromatic N) is 4. The van der Waals surface area contributed by atoms with Crippen molar-refractivity contribution in [3.63, 3.8) is 0 Å². The van der Waals surface area contributed by atoms with E-state index in [-0.39, 0.29) is 17.6 Å². The molecule has 0 N–H and O–H groups in total. The molecule has 2 aromatic rings. The highest BCUT2D eigenvalue weighted by Crippen LogP contribution is 2.34. The van der Waals surface area contributed by atoms with E-state index in [1.807, 2.05) is 16.7 Å². The molecule has 2 fully saturated rings. The van der Waals surface area contributed by atoms with Gasteiger partial charge in [-0.25, -0.2) is 17.9 Å². The van der Waals surface area contributed by atoms with E-state index in [1.54, 1.807) is 23.5 Å². The number of hydrogen-bond acceptors (Lipinski definition) is 4. The van der Waals surface area contributed by atoms with Crippen LogP contribution in [0.1, 0.15) is 68.8 Å². The first-order valence-corrected chi connectivity index (χ1v) is 12.1. The van der Waals surface area contributed by atoms with Crippen molar-refractivity contribution in [1.82, 2.24) is 18.7 Å². The van der Waals surface area contributed by atoms with Crippen molar-refractivity contribution < 1.29 is 8.42 Å². The molecule has 0 bridgehead atoms. The fraction of sp³-hybridized carbons (Fsp3) is 0.619. The van der Waals surface area contributed by atoms with Crippen LogP contribution in [0.25, 0.3) is 0 Å². The van der Waals surface area contributed by atoms with E-state index in [0.29, 0.717) is 30.8 Å². The first kappa shape index (κ1) is 20.3. The predicted molar refractivity (Wildman–Crippen MR) is 112 cm³/mol. The second-order valence-electron chi connectivity index (χ2n) is 8.25. The Balaban J connectivity index is 1.51. The Bertz CT molecular complexity index is 1010. The van der Waals surface area contributed by atoms with Crippen molar-refractivity contribution in [2.75, 3.05) is 13.1 Å². The molecule has 2 heterocycles. The summed E-state index contributed by atoms with van der Waals surface area (Å²) < 4.78 is 30.9. The Morgan fingerprint density at radius 3 is 2.24 bits per heavy atom. The quantitative estimate of drug-likeness (QED) is 0.748. The lowest BCUT2D eigenvalue weighted by molar-refractivity contribution is 0.304. The van der Waals surface area contributed by atoms with Crippen LogP contribution in [0.3, 0.4) is 0 Å². The van der Waals surface area contributed by atoms with E-state index in [2.05, 4.69) is 12.0 Å². The lowest BCUT2D eigenvalue weighted by atomic mass is 9.97. The van der Waals surface area contributed by atoms with Gasteiger partial charge in [-0.15, -0.1) is 0 Å². The molecule has 2 aliphatic rings. The fourth-order valence-electron chi connectivity index (χ4n) is 4.68. The molecule has 0 unspecified atom stereocenters. The molecule has 0 spiro atoms. The fourth-order valence-corrected chi connectivity index (χ4v) is 6.15. The van der Waals surface area contributed by atoms with Gasteiger partial charge in [0.1, 0.15) is 5.82 Å². The zero-order valence-corrected chi connectivity index (χ0v) is 18.1. The molecule has 1 aromatic carbocycles. The maximum atomic E-state index is 13.0. The van der Waals surface area contributed by atoms with Crippen LogP contribution in [0.4, 0.5) is 0 Å². The first-order chi connectivity index (χ1) is 13.9. The van der Waals surface area contributed by atoms with Crippen LogP contribution in [0.5, 0.6) is 0 Å². The lowest BCUT2D eigenvalue weighted by Gasteiger charge is -2.31. The topological polar surface area (TPSA) is 77.2 Å². The summed E-state index contributed by atoms with van der Waals surface area (Å²) in [6, 6.07) is 7.42. The summed E-state index contributed by atoms with van der Waals surface area (Å²) in [5.41, 5.74) is 1.08. The number of benzene rings is 1. The normalized spacial score (nSPS) is 19.8. The average Bonchev–Trinajstić information content (AvgIpc) is 3.36. The summed E-state index contributed by atoms with van der Waals surface area (Å²) in [5.74, 6) is 0.965. The van der Waals surface area contributed by atoms with E-state index < -0.39 is 10.0 Å². The molecule has 0 radical (unpaired) electrons. The summed E-state index contributed by atoms with van der Waals surface area (Å²) in [5, 5.41) is 4.54. The summed E-state index contributed by atoms with van der Waals surface area (Å²) >= 11 is 0. The first-order valence-electron chi connectivity index (χ1n) is 10.7. The minimum Gasteiger partial charge on any atom is -0.276 e. The van der Waals surface area contributed by atoms with Crippen molar-refractivity contribution >= 4 is 10.0 Å². The van der Waals surface area contributed by atoms with E-state index >= 15 is 0 Å². The SMILES string of the molecule is CCc1ccc(S(=O)(=O)N2CCC(c3nn(C)c(=O)n3C3CCCC3)CC2)cc1. The molecular weight excluding hydrogens is 388 g/mol. The standard InChI is InChI=1S/C21H30N4O3S/c1-3-16-8-10-19(11-9-16)29(27,28)24-14-12-17(13-15-24)20-22-23(2)21(26)25(20)18-6-4-5-7-18/h8-11,17-18H,3-7,12-15H2,1-2H3. The van der Waals surface area contributed by atoms with Gasteiger partial charge < -0.3 is 0 Å². The van der Waals surface area contributed by atoms with Crippen molar-refractivity contribution in [2.24, 2.45) is 7.05 Å². The average molecular weight is 419 g/mol. The number of sulfonamides is 1. The van der Waals surface area contributed by atoms with Crippen molar-refractivity contribution in [2.45, 2.75) is 68.7 Å². The minimum atomic E-state index is -3.48. The maximum Gasteiger partial charge on any atom is 0.345 e. The number of piperidine rings is 1. The third-order valence-electron chi connectivity index (χ3n) is 6.46. The Labute approximate surface area is 172 Å². The van der Waals surface area contributed by atoms with Crippen LogP contribution in [0.15, 0.2) is 34.0 Å². The summed E-state index contributed by atoms with van der Waals surface area (Å²) in [6.45, 7) is 2.97. The van der Waals surface area contributed by atoms with Gasteiger partial charge in [-0.1, -0.05) is 31.9 Å². The summed E-state index contributed by atoms with van der Waals surface area (Å²) in [7, 11) is -1.78. The number of aryl methyl sites for hydroxylation is 2. The molecule has 1 aliphatic carbocycles. The Morgan fingerprint density at radius 2 is 1.66 bits per heavy atom. The zero-order valence-electron chi connectivity index (χ0n) is 17.2. The Morgan fingerprint density at radius 1 is 1.03 bits per heavy atom. The van der Waals surface area contributed by atoms with E-state index in [1.165, 1.54) is 4.68 Å². The lowest BCUT2D eigenvalue weighted by Crippen LogP contribution is -2.38. The number of aromatic nitrogens is 3. The summed E-state index contributed by atoms with van der Waals surface area (Å²) in [4.78, 5) is 13.0. The highest BCUT2D eigenvalue weighted by atomic mass is 32.2. The molecule has 1 aliphatic heterocycles. The Hall–Kier alpha value is -1.93. The molecule has 8 heteroatoms. The zero-order chi connectivity index (χ0) is 20.6. The van der Waals surface area contributed by atoms with Crippen LogP contribution in [-0.4, -0.2) is 40.2 Å². The minimum absolute atomic E-state index is 0.0436. The van der Waals surface area contributed by atoms with Crippen molar-refractivity contribution in [1.29, 1.82) is 0 Å². The molecule has 158 valence electrons. The second kappa shape index (κ2) is 8.07. The third-order valence-corrected chi connectivity index (χ3v) is 8.37. The molecule has 29 heavy (non-hydrogen) atoms. The molecule has 4 rings (SSSR count). The van der Waals surface area contributed by atoms with Crippen molar-refractivity contribution in [3.8, 4) is 0 Å². The largest absolute Gasteiger partial charge is 0.345 e. The van der Waals surface area contributed by atoms with Gasteiger partial charge >= 0.3 is 5.69 Å². The van der Waals surface area contributed by atoms with Gasteiger partial charge in [0.25, 0.3) is 0 Å². The van der Waals surface area contributed by atoms with Crippen LogP contribution >= 0.6 is 0 Å².